The molecule has 0 fully saturated rings. The first-order valence-corrected chi connectivity index (χ1v) is 10.6. The molecule has 2 aromatic carbocycles. The third-order valence-corrected chi connectivity index (χ3v) is 7.21. The maximum Gasteiger partial charge on any atom is 0.261 e. The third kappa shape index (κ3) is 4.22. The van der Waals surface area contributed by atoms with Gasteiger partial charge in [0.1, 0.15) is 0 Å². The van der Waals surface area contributed by atoms with Crippen molar-refractivity contribution in [1.29, 1.82) is 5.26 Å². The molecule has 0 spiro atoms. The Morgan fingerprint density at radius 3 is 2.15 bits per heavy atom. The molecular formula is C17H19N3O4S2. The minimum Gasteiger partial charge on any atom is -0.280 e. The maximum atomic E-state index is 12.4. The molecule has 0 aliphatic heterocycles. The largest absolute Gasteiger partial charge is 0.280 e. The quantitative estimate of drug-likeness (QED) is 0.811. The molecule has 26 heavy (non-hydrogen) atoms. The van der Waals surface area contributed by atoms with Crippen molar-refractivity contribution in [2.45, 2.75) is 29.7 Å². The zero-order valence-corrected chi connectivity index (χ0v) is 16.2. The van der Waals surface area contributed by atoms with Crippen molar-refractivity contribution in [2.75, 3.05) is 11.8 Å². The molecule has 9 heteroatoms. The van der Waals surface area contributed by atoms with Gasteiger partial charge in [0.05, 0.1) is 21.4 Å². The molecule has 0 saturated heterocycles. The van der Waals surface area contributed by atoms with Crippen LogP contribution in [0.25, 0.3) is 0 Å². The predicted molar refractivity (Wildman–Crippen MR) is 98.5 cm³/mol. The third-order valence-electron chi connectivity index (χ3n) is 3.78. The summed E-state index contributed by atoms with van der Waals surface area (Å²) < 4.78 is 53.2. The molecule has 2 aromatic rings. The fourth-order valence-electron chi connectivity index (χ4n) is 2.09. The van der Waals surface area contributed by atoms with Crippen LogP contribution in [0.5, 0.6) is 0 Å². The SMILES string of the molecule is CC(C)N(C)S(=O)(=O)c1ccc(NS(=O)(=O)c2cccc(C#N)c2)cc1. The normalized spacial score (nSPS) is 12.2. The van der Waals surface area contributed by atoms with E-state index >= 15 is 0 Å². The van der Waals surface area contributed by atoms with Crippen LogP contribution in [-0.2, 0) is 20.0 Å². The molecule has 0 aliphatic rings. The van der Waals surface area contributed by atoms with Crippen molar-refractivity contribution < 1.29 is 16.8 Å². The lowest BCUT2D eigenvalue weighted by Gasteiger charge is -2.21. The highest BCUT2D eigenvalue weighted by atomic mass is 32.2. The van der Waals surface area contributed by atoms with Crippen LogP contribution in [0, 0.1) is 11.3 Å². The van der Waals surface area contributed by atoms with Crippen LogP contribution in [0.2, 0.25) is 0 Å². The molecule has 1 N–H and O–H groups in total. The summed E-state index contributed by atoms with van der Waals surface area (Å²) in [6.07, 6.45) is 0. The van der Waals surface area contributed by atoms with E-state index in [2.05, 4.69) is 4.72 Å². The molecule has 2 rings (SSSR count). The maximum absolute atomic E-state index is 12.4. The van der Waals surface area contributed by atoms with Gasteiger partial charge in [-0.15, -0.1) is 0 Å². The van der Waals surface area contributed by atoms with E-state index in [0.717, 1.165) is 0 Å². The van der Waals surface area contributed by atoms with Crippen LogP contribution >= 0.6 is 0 Å². The number of sulfonamides is 2. The molecule has 0 heterocycles. The molecule has 7 nitrogen and oxygen atoms in total. The predicted octanol–water partition coefficient (Wildman–Crippen LogP) is 2.39. The summed E-state index contributed by atoms with van der Waals surface area (Å²) in [4.78, 5) is 0.0240. The number of rotatable bonds is 6. The topological polar surface area (TPSA) is 107 Å². The van der Waals surface area contributed by atoms with E-state index in [-0.39, 0.29) is 27.1 Å². The van der Waals surface area contributed by atoms with Crippen molar-refractivity contribution in [3.8, 4) is 6.07 Å². The highest BCUT2D eigenvalue weighted by Crippen LogP contribution is 2.21. The monoisotopic (exact) mass is 393 g/mol. The van der Waals surface area contributed by atoms with Gasteiger partial charge in [-0.2, -0.15) is 9.57 Å². The Balaban J connectivity index is 2.28. The van der Waals surface area contributed by atoms with E-state index in [4.69, 9.17) is 5.26 Å². The fraction of sp³-hybridized carbons (Fsp3) is 0.235. The van der Waals surface area contributed by atoms with Gasteiger partial charge in [-0.1, -0.05) is 6.07 Å². The van der Waals surface area contributed by atoms with E-state index in [9.17, 15) is 16.8 Å². The Morgan fingerprint density at radius 2 is 1.62 bits per heavy atom. The van der Waals surface area contributed by atoms with Crippen LogP contribution in [0.4, 0.5) is 5.69 Å². The van der Waals surface area contributed by atoms with Crippen molar-refractivity contribution in [3.63, 3.8) is 0 Å². The fourth-order valence-corrected chi connectivity index (χ4v) is 4.56. The van der Waals surface area contributed by atoms with Crippen LogP contribution in [0.1, 0.15) is 19.4 Å². The van der Waals surface area contributed by atoms with Gasteiger partial charge in [0.2, 0.25) is 10.0 Å². The van der Waals surface area contributed by atoms with E-state index in [1.54, 1.807) is 13.8 Å². The van der Waals surface area contributed by atoms with Gasteiger partial charge in [-0.25, -0.2) is 16.8 Å². The van der Waals surface area contributed by atoms with Gasteiger partial charge in [0, 0.05) is 18.8 Å². The zero-order chi connectivity index (χ0) is 19.5. The average Bonchev–Trinajstić information content (AvgIpc) is 2.61. The summed E-state index contributed by atoms with van der Waals surface area (Å²) in [7, 11) is -6.04. The van der Waals surface area contributed by atoms with Gasteiger partial charge in [0.25, 0.3) is 10.0 Å². The lowest BCUT2D eigenvalue weighted by atomic mass is 10.2. The van der Waals surface area contributed by atoms with Crippen molar-refractivity contribution in [2.24, 2.45) is 0 Å². The zero-order valence-electron chi connectivity index (χ0n) is 14.5. The minimum atomic E-state index is -3.88. The van der Waals surface area contributed by atoms with Gasteiger partial charge in [0.15, 0.2) is 0 Å². The first-order valence-electron chi connectivity index (χ1n) is 7.69. The first-order chi connectivity index (χ1) is 12.1. The van der Waals surface area contributed by atoms with Crippen LogP contribution < -0.4 is 4.72 Å². The van der Waals surface area contributed by atoms with E-state index < -0.39 is 20.0 Å². The molecule has 0 saturated carbocycles. The summed E-state index contributed by atoms with van der Waals surface area (Å²) in [5.41, 5.74) is 0.449. The molecule has 138 valence electrons. The molecule has 0 amide bonds. The molecule has 0 unspecified atom stereocenters. The number of hydrogen-bond acceptors (Lipinski definition) is 5. The standard InChI is InChI=1S/C17H19N3O4S2/c1-13(2)20(3)26(23,24)16-9-7-15(8-10-16)19-25(21,22)17-6-4-5-14(11-17)12-18/h4-11,13,19H,1-3H3. The highest BCUT2D eigenvalue weighted by molar-refractivity contribution is 7.92. The highest BCUT2D eigenvalue weighted by Gasteiger charge is 2.23. The summed E-state index contributed by atoms with van der Waals surface area (Å²) in [6.45, 7) is 3.52. The summed E-state index contributed by atoms with van der Waals surface area (Å²) in [5, 5.41) is 8.88. The van der Waals surface area contributed by atoms with E-state index in [1.165, 1.54) is 59.9 Å². The number of nitrogens with one attached hydrogen (secondary N) is 1. The lowest BCUT2D eigenvalue weighted by Crippen LogP contribution is -2.33. The average molecular weight is 393 g/mol. The van der Waals surface area contributed by atoms with Gasteiger partial charge < -0.3 is 0 Å². The van der Waals surface area contributed by atoms with Crippen LogP contribution in [0.3, 0.4) is 0 Å². The van der Waals surface area contributed by atoms with Crippen molar-refractivity contribution in [1.82, 2.24) is 4.31 Å². The van der Waals surface area contributed by atoms with Gasteiger partial charge in [-0.05, 0) is 56.3 Å². The number of nitriles is 1. The Kier molecular flexibility index (Phi) is 5.71. The molecule has 0 aliphatic carbocycles. The molecule has 0 radical (unpaired) electrons. The summed E-state index contributed by atoms with van der Waals surface area (Å²) in [6, 6.07) is 12.8. The van der Waals surface area contributed by atoms with Crippen molar-refractivity contribution >= 4 is 25.7 Å². The second-order valence-corrected chi connectivity index (χ2v) is 9.56. The molecule has 0 atom stereocenters. The molecule has 0 aromatic heterocycles. The second-order valence-electron chi connectivity index (χ2n) is 5.88. The van der Waals surface area contributed by atoms with Crippen LogP contribution in [-0.4, -0.2) is 34.2 Å². The Morgan fingerprint density at radius 1 is 1.00 bits per heavy atom. The Bertz CT molecular complexity index is 1040. The molecule has 0 bridgehead atoms. The second kappa shape index (κ2) is 7.45. The summed E-state index contributed by atoms with van der Waals surface area (Å²) >= 11 is 0. The van der Waals surface area contributed by atoms with Crippen LogP contribution in [0.15, 0.2) is 58.3 Å². The number of nitrogens with zero attached hydrogens (tertiary/aromatic N) is 2. The summed E-state index contributed by atoms with van der Waals surface area (Å²) in [5.74, 6) is 0. The minimum absolute atomic E-state index is 0.0483. The van der Waals surface area contributed by atoms with Crippen molar-refractivity contribution in [3.05, 3.63) is 54.1 Å². The van der Waals surface area contributed by atoms with E-state index in [1.807, 2.05) is 6.07 Å². The smallest absolute Gasteiger partial charge is 0.261 e. The number of hydrogen-bond donors (Lipinski definition) is 1. The Labute approximate surface area is 154 Å². The van der Waals surface area contributed by atoms with Gasteiger partial charge in [-0.3, -0.25) is 4.72 Å². The Hall–Kier alpha value is -2.41. The lowest BCUT2D eigenvalue weighted by molar-refractivity contribution is 0.410. The van der Waals surface area contributed by atoms with Gasteiger partial charge >= 0.3 is 0 Å². The van der Waals surface area contributed by atoms with E-state index in [0.29, 0.717) is 0 Å². The number of anilines is 1. The first kappa shape index (κ1) is 19.9. The molecular weight excluding hydrogens is 374 g/mol. The number of benzene rings is 2.